The van der Waals surface area contributed by atoms with Crippen LogP contribution in [0, 0.1) is 0 Å². The Labute approximate surface area is 72.9 Å². The number of carbonyl (C=O) groups is 1. The number of likely N-dealkylation sites (tertiary alicyclic amines) is 1. The number of carbonyl (C=O) groups excluding carboxylic acids is 1. The molecule has 0 aromatic rings. The number of nitrogens with two attached hydrogens (primary N) is 2. The molecule has 0 saturated carbocycles. The van der Waals surface area contributed by atoms with Gasteiger partial charge in [-0.1, -0.05) is 0 Å². The SMILES string of the molecule is CC(N)C(=O)N1CCCC(N)C1. The summed E-state index contributed by atoms with van der Waals surface area (Å²) in [5, 5.41) is 0. The van der Waals surface area contributed by atoms with Crippen molar-refractivity contribution in [2.75, 3.05) is 13.1 Å². The van der Waals surface area contributed by atoms with Gasteiger partial charge in [-0.3, -0.25) is 4.79 Å². The first-order valence-electron chi connectivity index (χ1n) is 4.41. The van der Waals surface area contributed by atoms with E-state index in [4.69, 9.17) is 11.5 Å². The van der Waals surface area contributed by atoms with Crippen LogP contribution in [0.25, 0.3) is 0 Å². The van der Waals surface area contributed by atoms with Crippen molar-refractivity contribution in [1.29, 1.82) is 0 Å². The van der Waals surface area contributed by atoms with E-state index in [1.54, 1.807) is 11.8 Å². The standard InChI is InChI=1S/C8H17N3O/c1-6(9)8(12)11-4-2-3-7(10)5-11/h6-7H,2-5,9-10H2,1H3. The smallest absolute Gasteiger partial charge is 0.239 e. The molecule has 1 aliphatic heterocycles. The van der Waals surface area contributed by atoms with E-state index in [0.29, 0.717) is 6.54 Å². The van der Waals surface area contributed by atoms with Gasteiger partial charge in [0, 0.05) is 19.1 Å². The fraction of sp³-hybridized carbons (Fsp3) is 0.875. The highest BCUT2D eigenvalue weighted by molar-refractivity contribution is 5.81. The Morgan fingerprint density at radius 3 is 2.83 bits per heavy atom. The molecule has 0 radical (unpaired) electrons. The fourth-order valence-corrected chi connectivity index (χ4v) is 1.50. The van der Waals surface area contributed by atoms with Crippen molar-refractivity contribution in [1.82, 2.24) is 4.90 Å². The molecule has 70 valence electrons. The second-order valence-corrected chi connectivity index (χ2v) is 3.48. The Morgan fingerprint density at radius 2 is 2.33 bits per heavy atom. The molecular weight excluding hydrogens is 154 g/mol. The molecule has 1 heterocycles. The molecular formula is C8H17N3O. The zero-order valence-electron chi connectivity index (χ0n) is 7.49. The van der Waals surface area contributed by atoms with Gasteiger partial charge in [0.1, 0.15) is 0 Å². The van der Waals surface area contributed by atoms with Crippen molar-refractivity contribution in [2.45, 2.75) is 31.8 Å². The molecule has 4 N–H and O–H groups in total. The maximum absolute atomic E-state index is 11.4. The summed E-state index contributed by atoms with van der Waals surface area (Å²) in [7, 11) is 0. The van der Waals surface area contributed by atoms with Crippen molar-refractivity contribution < 1.29 is 4.79 Å². The number of hydrogen-bond acceptors (Lipinski definition) is 3. The fourth-order valence-electron chi connectivity index (χ4n) is 1.50. The van der Waals surface area contributed by atoms with Gasteiger partial charge in [0.25, 0.3) is 0 Å². The monoisotopic (exact) mass is 171 g/mol. The lowest BCUT2D eigenvalue weighted by molar-refractivity contribution is -0.133. The second-order valence-electron chi connectivity index (χ2n) is 3.48. The topological polar surface area (TPSA) is 72.4 Å². The normalized spacial score (nSPS) is 26.9. The van der Waals surface area contributed by atoms with E-state index in [2.05, 4.69) is 0 Å². The summed E-state index contributed by atoms with van der Waals surface area (Å²) in [6.45, 7) is 3.19. The minimum atomic E-state index is -0.393. The lowest BCUT2D eigenvalue weighted by atomic mass is 10.1. The maximum Gasteiger partial charge on any atom is 0.239 e. The van der Waals surface area contributed by atoms with Gasteiger partial charge in [-0.05, 0) is 19.8 Å². The average Bonchev–Trinajstić information content (AvgIpc) is 2.03. The molecule has 0 aromatic carbocycles. The lowest BCUT2D eigenvalue weighted by Crippen LogP contribution is -2.50. The Morgan fingerprint density at radius 1 is 1.67 bits per heavy atom. The minimum absolute atomic E-state index is 0.0187. The van der Waals surface area contributed by atoms with Gasteiger partial charge in [0.05, 0.1) is 6.04 Å². The van der Waals surface area contributed by atoms with E-state index in [0.717, 1.165) is 19.4 Å². The predicted octanol–water partition coefficient (Wildman–Crippen LogP) is -0.717. The Kier molecular flexibility index (Phi) is 3.05. The summed E-state index contributed by atoms with van der Waals surface area (Å²) < 4.78 is 0. The molecule has 4 heteroatoms. The van der Waals surface area contributed by atoms with Crippen molar-refractivity contribution >= 4 is 5.91 Å². The Balaban J connectivity index is 2.46. The highest BCUT2D eigenvalue weighted by Crippen LogP contribution is 2.08. The number of hydrogen-bond donors (Lipinski definition) is 2. The molecule has 12 heavy (non-hydrogen) atoms. The first-order chi connectivity index (χ1) is 5.61. The van der Waals surface area contributed by atoms with E-state index in [1.165, 1.54) is 0 Å². The quantitative estimate of drug-likeness (QED) is 0.547. The molecule has 0 aliphatic carbocycles. The minimum Gasteiger partial charge on any atom is -0.340 e. The van der Waals surface area contributed by atoms with Gasteiger partial charge >= 0.3 is 0 Å². The molecule has 1 amide bonds. The van der Waals surface area contributed by atoms with Crippen LogP contribution in [0.15, 0.2) is 0 Å². The van der Waals surface area contributed by atoms with Gasteiger partial charge in [0.15, 0.2) is 0 Å². The van der Waals surface area contributed by atoms with Gasteiger partial charge in [-0.2, -0.15) is 0 Å². The van der Waals surface area contributed by atoms with Crippen LogP contribution in [0.2, 0.25) is 0 Å². The van der Waals surface area contributed by atoms with Gasteiger partial charge in [-0.25, -0.2) is 0 Å². The molecule has 1 rings (SSSR count). The van der Waals surface area contributed by atoms with Crippen LogP contribution < -0.4 is 11.5 Å². The van der Waals surface area contributed by atoms with E-state index in [-0.39, 0.29) is 11.9 Å². The molecule has 1 saturated heterocycles. The number of nitrogens with zero attached hydrogens (tertiary/aromatic N) is 1. The molecule has 0 bridgehead atoms. The van der Waals surface area contributed by atoms with E-state index >= 15 is 0 Å². The van der Waals surface area contributed by atoms with Gasteiger partial charge in [0.2, 0.25) is 5.91 Å². The van der Waals surface area contributed by atoms with Crippen LogP contribution in [0.3, 0.4) is 0 Å². The third-order valence-corrected chi connectivity index (χ3v) is 2.16. The average molecular weight is 171 g/mol. The number of piperidine rings is 1. The van der Waals surface area contributed by atoms with Crippen LogP contribution in [-0.4, -0.2) is 36.0 Å². The number of rotatable bonds is 1. The van der Waals surface area contributed by atoms with E-state index in [1.807, 2.05) is 0 Å². The van der Waals surface area contributed by atoms with Crippen molar-refractivity contribution in [3.05, 3.63) is 0 Å². The maximum atomic E-state index is 11.4. The van der Waals surface area contributed by atoms with Crippen LogP contribution in [0.1, 0.15) is 19.8 Å². The first kappa shape index (κ1) is 9.48. The second kappa shape index (κ2) is 3.87. The molecule has 0 spiro atoms. The molecule has 4 nitrogen and oxygen atoms in total. The Hall–Kier alpha value is -0.610. The largest absolute Gasteiger partial charge is 0.340 e. The summed E-state index contributed by atoms with van der Waals surface area (Å²) in [4.78, 5) is 13.2. The molecule has 1 aliphatic rings. The van der Waals surface area contributed by atoms with Crippen LogP contribution in [0.4, 0.5) is 0 Å². The summed E-state index contributed by atoms with van der Waals surface area (Å²) >= 11 is 0. The van der Waals surface area contributed by atoms with Gasteiger partial charge < -0.3 is 16.4 Å². The zero-order chi connectivity index (χ0) is 9.14. The van der Waals surface area contributed by atoms with Crippen molar-refractivity contribution in [3.63, 3.8) is 0 Å². The number of amides is 1. The van der Waals surface area contributed by atoms with Crippen molar-refractivity contribution in [2.24, 2.45) is 11.5 Å². The van der Waals surface area contributed by atoms with E-state index < -0.39 is 6.04 Å². The van der Waals surface area contributed by atoms with Crippen LogP contribution in [0.5, 0.6) is 0 Å². The Bertz CT molecular complexity index is 170. The molecule has 0 aromatic heterocycles. The van der Waals surface area contributed by atoms with Crippen LogP contribution in [-0.2, 0) is 4.79 Å². The highest BCUT2D eigenvalue weighted by atomic mass is 16.2. The summed E-state index contributed by atoms with van der Waals surface area (Å²) in [6.07, 6.45) is 2.02. The first-order valence-corrected chi connectivity index (χ1v) is 4.41. The summed E-state index contributed by atoms with van der Waals surface area (Å²) in [5.74, 6) is 0.0187. The third kappa shape index (κ3) is 2.19. The molecule has 2 atom stereocenters. The van der Waals surface area contributed by atoms with E-state index in [9.17, 15) is 4.79 Å². The summed E-state index contributed by atoms with van der Waals surface area (Å²) in [5.41, 5.74) is 11.2. The molecule has 1 fully saturated rings. The predicted molar refractivity (Wildman–Crippen MR) is 47.4 cm³/mol. The highest BCUT2D eigenvalue weighted by Gasteiger charge is 2.22. The third-order valence-electron chi connectivity index (χ3n) is 2.16. The summed E-state index contributed by atoms with van der Waals surface area (Å²) in [6, 6.07) is -0.253. The zero-order valence-corrected chi connectivity index (χ0v) is 7.49. The van der Waals surface area contributed by atoms with Crippen LogP contribution >= 0.6 is 0 Å². The lowest BCUT2D eigenvalue weighted by Gasteiger charge is -2.31. The van der Waals surface area contributed by atoms with Gasteiger partial charge in [-0.15, -0.1) is 0 Å². The van der Waals surface area contributed by atoms with Crippen molar-refractivity contribution in [3.8, 4) is 0 Å². The molecule has 2 unspecified atom stereocenters.